The lowest BCUT2D eigenvalue weighted by atomic mass is 9.87. The number of pyridine rings is 2. The van der Waals surface area contributed by atoms with Crippen LogP contribution in [-0.2, 0) is 4.79 Å². The third-order valence-corrected chi connectivity index (χ3v) is 3.22. The highest BCUT2D eigenvalue weighted by molar-refractivity contribution is 5.90. The van der Waals surface area contributed by atoms with Crippen LogP contribution in [0.3, 0.4) is 0 Å². The predicted octanol–water partition coefficient (Wildman–Crippen LogP) is 2.95. The monoisotopic (exact) mass is 240 g/mol. The fourth-order valence-electron chi connectivity index (χ4n) is 1.97. The summed E-state index contributed by atoms with van der Waals surface area (Å²) < 4.78 is 0. The molecule has 0 aromatic carbocycles. The summed E-state index contributed by atoms with van der Waals surface area (Å²) in [6.45, 7) is 3.85. The Morgan fingerprint density at radius 3 is 1.72 bits per heavy atom. The van der Waals surface area contributed by atoms with Crippen molar-refractivity contribution in [2.45, 2.75) is 25.7 Å². The molecule has 3 heteroatoms. The summed E-state index contributed by atoms with van der Waals surface area (Å²) in [5.74, 6) is -0.0983. The third-order valence-electron chi connectivity index (χ3n) is 3.22. The molecule has 0 spiro atoms. The van der Waals surface area contributed by atoms with Crippen LogP contribution in [0.4, 0.5) is 0 Å². The summed E-state index contributed by atoms with van der Waals surface area (Å²) in [5, 5.41) is 0. The van der Waals surface area contributed by atoms with Crippen molar-refractivity contribution < 1.29 is 4.79 Å². The second-order valence-corrected chi connectivity index (χ2v) is 4.42. The first-order chi connectivity index (χ1) is 8.70. The number of carbonyl (C=O) groups is 1. The molecule has 0 saturated heterocycles. The molecule has 0 aliphatic heterocycles. The van der Waals surface area contributed by atoms with E-state index in [9.17, 15) is 4.79 Å². The molecule has 0 aliphatic carbocycles. The lowest BCUT2D eigenvalue weighted by Gasteiger charge is -2.16. The van der Waals surface area contributed by atoms with Gasteiger partial charge < -0.3 is 0 Å². The van der Waals surface area contributed by atoms with Crippen LogP contribution in [0.15, 0.2) is 49.1 Å². The summed E-state index contributed by atoms with van der Waals surface area (Å²) in [5.41, 5.74) is 1.91. The Bertz CT molecular complexity index is 463. The summed E-state index contributed by atoms with van der Waals surface area (Å²) in [6.07, 6.45) is 6.92. The van der Waals surface area contributed by atoms with Crippen molar-refractivity contribution in [3.8, 4) is 0 Å². The average Bonchev–Trinajstić information content (AvgIpc) is 2.47. The highest BCUT2D eigenvalue weighted by Gasteiger charge is 2.22. The topological polar surface area (TPSA) is 42.9 Å². The molecule has 2 aromatic rings. The molecule has 0 amide bonds. The van der Waals surface area contributed by atoms with E-state index < -0.39 is 0 Å². The lowest BCUT2D eigenvalue weighted by Crippen LogP contribution is -2.16. The molecular formula is C15H16N2O. The summed E-state index contributed by atoms with van der Waals surface area (Å²) in [7, 11) is 0. The SMILES string of the molecule is CC(C(=O)C(C)c1cccnc1)c1cccnc1. The maximum Gasteiger partial charge on any atom is 0.147 e. The molecular weight excluding hydrogens is 224 g/mol. The van der Waals surface area contributed by atoms with Crippen LogP contribution in [0.1, 0.15) is 36.8 Å². The van der Waals surface area contributed by atoms with Gasteiger partial charge in [0.25, 0.3) is 0 Å². The van der Waals surface area contributed by atoms with Gasteiger partial charge in [0.15, 0.2) is 0 Å². The fraction of sp³-hybridized carbons (Fsp3) is 0.267. The van der Waals surface area contributed by atoms with E-state index >= 15 is 0 Å². The normalized spacial score (nSPS) is 13.9. The largest absolute Gasteiger partial charge is 0.298 e. The van der Waals surface area contributed by atoms with Gasteiger partial charge in [0.2, 0.25) is 0 Å². The van der Waals surface area contributed by atoms with Gasteiger partial charge in [-0.1, -0.05) is 26.0 Å². The van der Waals surface area contributed by atoms with Crippen molar-refractivity contribution in [3.05, 3.63) is 60.2 Å². The van der Waals surface area contributed by atoms with Crippen molar-refractivity contribution >= 4 is 5.78 Å². The number of hydrogen-bond acceptors (Lipinski definition) is 3. The Morgan fingerprint density at radius 2 is 1.39 bits per heavy atom. The molecule has 2 heterocycles. The number of aromatic nitrogens is 2. The number of hydrogen-bond donors (Lipinski definition) is 0. The second kappa shape index (κ2) is 5.54. The molecule has 0 saturated carbocycles. The number of ketones is 1. The van der Waals surface area contributed by atoms with Gasteiger partial charge in [-0.15, -0.1) is 0 Å². The van der Waals surface area contributed by atoms with Crippen LogP contribution in [-0.4, -0.2) is 15.8 Å². The summed E-state index contributed by atoms with van der Waals surface area (Å²) >= 11 is 0. The third kappa shape index (κ3) is 2.62. The van der Waals surface area contributed by atoms with Gasteiger partial charge in [0.1, 0.15) is 5.78 Å². The molecule has 0 bridgehead atoms. The van der Waals surface area contributed by atoms with E-state index in [4.69, 9.17) is 0 Å². The predicted molar refractivity (Wildman–Crippen MR) is 70.3 cm³/mol. The maximum atomic E-state index is 12.4. The van der Waals surface area contributed by atoms with Gasteiger partial charge in [-0.25, -0.2) is 0 Å². The van der Waals surface area contributed by atoms with Crippen molar-refractivity contribution in [2.75, 3.05) is 0 Å². The first kappa shape index (κ1) is 12.4. The molecule has 2 aromatic heterocycles. The zero-order chi connectivity index (χ0) is 13.0. The van der Waals surface area contributed by atoms with Gasteiger partial charge in [-0.3, -0.25) is 14.8 Å². The lowest BCUT2D eigenvalue weighted by molar-refractivity contribution is -0.121. The Labute approximate surface area is 107 Å². The van der Waals surface area contributed by atoms with Crippen LogP contribution >= 0.6 is 0 Å². The fourth-order valence-corrected chi connectivity index (χ4v) is 1.97. The van der Waals surface area contributed by atoms with Gasteiger partial charge in [0.05, 0.1) is 0 Å². The van der Waals surface area contributed by atoms with Crippen LogP contribution in [0.2, 0.25) is 0 Å². The van der Waals surface area contributed by atoms with Gasteiger partial charge in [-0.2, -0.15) is 0 Å². The first-order valence-electron chi connectivity index (χ1n) is 6.03. The first-order valence-corrected chi connectivity index (χ1v) is 6.03. The Kier molecular flexibility index (Phi) is 3.82. The molecule has 0 radical (unpaired) electrons. The quantitative estimate of drug-likeness (QED) is 0.825. The number of nitrogens with zero attached hydrogens (tertiary/aromatic N) is 2. The van der Waals surface area contributed by atoms with Crippen LogP contribution in [0, 0.1) is 0 Å². The van der Waals surface area contributed by atoms with Crippen molar-refractivity contribution in [3.63, 3.8) is 0 Å². The van der Waals surface area contributed by atoms with E-state index in [1.54, 1.807) is 24.8 Å². The van der Waals surface area contributed by atoms with Crippen molar-refractivity contribution in [1.29, 1.82) is 0 Å². The molecule has 0 N–H and O–H groups in total. The molecule has 2 unspecified atom stereocenters. The zero-order valence-electron chi connectivity index (χ0n) is 10.6. The number of Topliss-reactive ketones (excluding diaryl/α,β-unsaturated/α-hetero) is 1. The maximum absolute atomic E-state index is 12.4. The number of carbonyl (C=O) groups excluding carboxylic acids is 1. The average molecular weight is 240 g/mol. The van der Waals surface area contributed by atoms with Crippen LogP contribution in [0.25, 0.3) is 0 Å². The Hall–Kier alpha value is -2.03. The molecule has 3 nitrogen and oxygen atoms in total. The molecule has 18 heavy (non-hydrogen) atoms. The van der Waals surface area contributed by atoms with E-state index in [0.717, 1.165) is 11.1 Å². The molecule has 2 rings (SSSR count). The summed E-state index contributed by atoms with van der Waals surface area (Å²) in [6, 6.07) is 7.58. The number of rotatable bonds is 4. The second-order valence-electron chi connectivity index (χ2n) is 4.42. The molecule has 0 aliphatic rings. The van der Waals surface area contributed by atoms with E-state index in [0.29, 0.717) is 0 Å². The van der Waals surface area contributed by atoms with E-state index in [1.807, 2.05) is 38.1 Å². The standard InChI is InChI=1S/C15H16N2O/c1-11(13-5-3-7-16-9-13)15(18)12(2)14-6-4-8-17-10-14/h3-12H,1-2H3. The zero-order valence-corrected chi connectivity index (χ0v) is 10.6. The molecule has 2 atom stereocenters. The highest BCUT2D eigenvalue weighted by atomic mass is 16.1. The van der Waals surface area contributed by atoms with Crippen molar-refractivity contribution in [1.82, 2.24) is 9.97 Å². The van der Waals surface area contributed by atoms with Crippen LogP contribution < -0.4 is 0 Å². The Morgan fingerprint density at radius 1 is 0.944 bits per heavy atom. The van der Waals surface area contributed by atoms with Crippen molar-refractivity contribution in [2.24, 2.45) is 0 Å². The van der Waals surface area contributed by atoms with Gasteiger partial charge in [0, 0.05) is 36.6 Å². The van der Waals surface area contributed by atoms with Gasteiger partial charge in [-0.05, 0) is 23.3 Å². The molecule has 92 valence electrons. The highest BCUT2D eigenvalue weighted by Crippen LogP contribution is 2.24. The van der Waals surface area contributed by atoms with E-state index in [1.165, 1.54) is 0 Å². The minimum absolute atomic E-state index is 0.145. The molecule has 0 fully saturated rings. The van der Waals surface area contributed by atoms with Crippen LogP contribution in [0.5, 0.6) is 0 Å². The van der Waals surface area contributed by atoms with Gasteiger partial charge >= 0.3 is 0 Å². The minimum Gasteiger partial charge on any atom is -0.298 e. The smallest absolute Gasteiger partial charge is 0.147 e. The van der Waals surface area contributed by atoms with E-state index in [2.05, 4.69) is 9.97 Å². The summed E-state index contributed by atoms with van der Waals surface area (Å²) in [4.78, 5) is 20.5. The Balaban J connectivity index is 2.17. The minimum atomic E-state index is -0.145. The van der Waals surface area contributed by atoms with E-state index in [-0.39, 0.29) is 17.6 Å².